The Labute approximate surface area is 122 Å². The zero-order valence-electron chi connectivity index (χ0n) is 9.91. The largest absolute Gasteiger partial charge is 0.326 e. The summed E-state index contributed by atoms with van der Waals surface area (Å²) in [6.45, 7) is 2.87. The Morgan fingerprint density at radius 1 is 1.39 bits per heavy atom. The maximum atomic E-state index is 12.3. The van der Waals surface area contributed by atoms with Gasteiger partial charge in [0, 0.05) is 23.6 Å². The van der Waals surface area contributed by atoms with E-state index in [1.54, 1.807) is 24.3 Å². The molecule has 0 aliphatic carbocycles. The number of nitrogens with zero attached hydrogens (tertiary/aromatic N) is 1. The topological polar surface area (TPSA) is 63.4 Å². The summed E-state index contributed by atoms with van der Waals surface area (Å²) < 4.78 is 26.9. The maximum Gasteiger partial charge on any atom is 0.243 e. The lowest BCUT2D eigenvalue weighted by molar-refractivity contribution is 0.464. The standard InChI is InChI=1S/C11H15BrN2O2S.ClH/c1-8-6-14(7-11(8)13)17(15,16)10-4-2-3-9(12)5-10;/h2-5,8,11H,6-7,13H2,1H3;1H. The third-order valence-corrected chi connectivity index (χ3v) is 5.39. The molecule has 0 aromatic heterocycles. The van der Waals surface area contributed by atoms with Gasteiger partial charge in [0.15, 0.2) is 0 Å². The van der Waals surface area contributed by atoms with E-state index in [-0.39, 0.29) is 24.4 Å². The summed E-state index contributed by atoms with van der Waals surface area (Å²) in [5.74, 6) is 0.205. The first-order valence-corrected chi connectivity index (χ1v) is 7.66. The summed E-state index contributed by atoms with van der Waals surface area (Å²) in [5.41, 5.74) is 5.86. The van der Waals surface area contributed by atoms with E-state index in [2.05, 4.69) is 15.9 Å². The molecule has 0 spiro atoms. The molecule has 2 unspecified atom stereocenters. The van der Waals surface area contributed by atoms with Gasteiger partial charge in [0.25, 0.3) is 0 Å². The lowest BCUT2D eigenvalue weighted by Crippen LogP contribution is -2.32. The predicted octanol–water partition coefficient (Wildman–Crippen LogP) is 1.84. The highest BCUT2D eigenvalue weighted by atomic mass is 79.9. The van der Waals surface area contributed by atoms with Crippen molar-refractivity contribution in [3.8, 4) is 0 Å². The Balaban J connectivity index is 0.00000162. The minimum absolute atomic E-state index is 0. The van der Waals surface area contributed by atoms with Crippen molar-refractivity contribution in [3.63, 3.8) is 0 Å². The zero-order valence-corrected chi connectivity index (χ0v) is 13.1. The van der Waals surface area contributed by atoms with Crippen molar-refractivity contribution < 1.29 is 8.42 Å². The summed E-state index contributed by atoms with van der Waals surface area (Å²) in [6, 6.07) is 6.67. The molecule has 1 heterocycles. The fraction of sp³-hybridized carbons (Fsp3) is 0.455. The average Bonchev–Trinajstić information content (AvgIpc) is 2.60. The second kappa shape index (κ2) is 5.88. The van der Waals surface area contributed by atoms with Crippen LogP contribution in [0.1, 0.15) is 6.92 Å². The quantitative estimate of drug-likeness (QED) is 0.880. The van der Waals surface area contributed by atoms with E-state index in [1.807, 2.05) is 6.92 Å². The highest BCUT2D eigenvalue weighted by Crippen LogP contribution is 2.25. The normalized spacial score (nSPS) is 24.8. The first kappa shape index (κ1) is 15.9. The summed E-state index contributed by atoms with van der Waals surface area (Å²) in [4.78, 5) is 0.313. The van der Waals surface area contributed by atoms with Gasteiger partial charge in [-0.05, 0) is 24.1 Å². The van der Waals surface area contributed by atoms with Gasteiger partial charge in [-0.2, -0.15) is 4.31 Å². The van der Waals surface area contributed by atoms with Crippen LogP contribution in [0, 0.1) is 5.92 Å². The lowest BCUT2D eigenvalue weighted by atomic mass is 10.1. The van der Waals surface area contributed by atoms with Crippen LogP contribution >= 0.6 is 28.3 Å². The summed E-state index contributed by atoms with van der Waals surface area (Å²) in [6.07, 6.45) is 0. The van der Waals surface area contributed by atoms with Crippen molar-refractivity contribution in [2.24, 2.45) is 11.7 Å². The molecule has 1 fully saturated rings. The Morgan fingerprint density at radius 2 is 2.06 bits per heavy atom. The third-order valence-electron chi connectivity index (χ3n) is 3.07. The number of hydrogen-bond acceptors (Lipinski definition) is 3. The van der Waals surface area contributed by atoms with Crippen LogP contribution in [0.2, 0.25) is 0 Å². The van der Waals surface area contributed by atoms with E-state index in [0.717, 1.165) is 4.47 Å². The van der Waals surface area contributed by atoms with E-state index in [0.29, 0.717) is 18.0 Å². The van der Waals surface area contributed by atoms with Gasteiger partial charge in [0.05, 0.1) is 4.90 Å². The molecule has 2 N–H and O–H groups in total. The monoisotopic (exact) mass is 354 g/mol. The molecule has 2 atom stereocenters. The molecule has 0 bridgehead atoms. The average molecular weight is 356 g/mol. The first-order valence-electron chi connectivity index (χ1n) is 5.42. The van der Waals surface area contributed by atoms with Crippen LogP contribution in [0.4, 0.5) is 0 Å². The SMILES string of the molecule is CC1CN(S(=O)(=O)c2cccc(Br)c2)CC1N.Cl. The van der Waals surface area contributed by atoms with Gasteiger partial charge in [-0.15, -0.1) is 12.4 Å². The van der Waals surface area contributed by atoms with Crippen LogP contribution in [0.5, 0.6) is 0 Å². The first-order chi connectivity index (χ1) is 7.91. The van der Waals surface area contributed by atoms with Gasteiger partial charge >= 0.3 is 0 Å². The number of benzene rings is 1. The van der Waals surface area contributed by atoms with E-state index in [1.165, 1.54) is 4.31 Å². The molecule has 4 nitrogen and oxygen atoms in total. The molecule has 1 aliphatic heterocycles. The Morgan fingerprint density at radius 3 is 2.56 bits per heavy atom. The van der Waals surface area contributed by atoms with Crippen LogP contribution in [0.25, 0.3) is 0 Å². The number of hydrogen-bond donors (Lipinski definition) is 1. The van der Waals surface area contributed by atoms with E-state index < -0.39 is 10.0 Å². The molecular formula is C11H16BrClN2O2S. The fourth-order valence-corrected chi connectivity index (χ4v) is 4.09. The fourth-order valence-electron chi connectivity index (χ4n) is 1.92. The number of rotatable bonds is 2. The molecule has 102 valence electrons. The van der Waals surface area contributed by atoms with Crippen molar-refractivity contribution in [1.29, 1.82) is 0 Å². The molecular weight excluding hydrogens is 340 g/mol. The minimum atomic E-state index is -3.40. The highest BCUT2D eigenvalue weighted by molar-refractivity contribution is 9.10. The van der Waals surface area contributed by atoms with Gasteiger partial charge in [0.1, 0.15) is 0 Å². The van der Waals surface area contributed by atoms with E-state index in [9.17, 15) is 8.42 Å². The van der Waals surface area contributed by atoms with Gasteiger partial charge in [0.2, 0.25) is 10.0 Å². The number of halogens is 2. The molecule has 18 heavy (non-hydrogen) atoms. The lowest BCUT2D eigenvalue weighted by Gasteiger charge is -2.16. The molecule has 0 amide bonds. The molecule has 1 saturated heterocycles. The molecule has 1 aliphatic rings. The van der Waals surface area contributed by atoms with Crippen molar-refractivity contribution in [2.45, 2.75) is 17.9 Å². The smallest absolute Gasteiger partial charge is 0.243 e. The zero-order chi connectivity index (χ0) is 12.6. The second-order valence-electron chi connectivity index (χ2n) is 4.42. The number of sulfonamides is 1. The Hall–Kier alpha value is -0.140. The summed E-state index contributed by atoms with van der Waals surface area (Å²) in [7, 11) is -3.40. The van der Waals surface area contributed by atoms with E-state index in [4.69, 9.17) is 5.73 Å². The van der Waals surface area contributed by atoms with Crippen LogP contribution in [0.3, 0.4) is 0 Å². The minimum Gasteiger partial charge on any atom is -0.326 e. The number of nitrogens with two attached hydrogens (primary N) is 1. The van der Waals surface area contributed by atoms with Crippen molar-refractivity contribution in [2.75, 3.05) is 13.1 Å². The van der Waals surface area contributed by atoms with Gasteiger partial charge < -0.3 is 5.73 Å². The Kier molecular flexibility index (Phi) is 5.20. The Bertz CT molecular complexity index is 514. The van der Waals surface area contributed by atoms with E-state index >= 15 is 0 Å². The second-order valence-corrected chi connectivity index (χ2v) is 7.27. The molecule has 1 aromatic rings. The van der Waals surface area contributed by atoms with Gasteiger partial charge in [-0.3, -0.25) is 0 Å². The summed E-state index contributed by atoms with van der Waals surface area (Å²) >= 11 is 3.28. The van der Waals surface area contributed by atoms with Gasteiger partial charge in [-0.1, -0.05) is 28.9 Å². The van der Waals surface area contributed by atoms with Crippen LogP contribution < -0.4 is 5.73 Å². The van der Waals surface area contributed by atoms with Crippen LogP contribution in [-0.4, -0.2) is 31.9 Å². The summed E-state index contributed by atoms with van der Waals surface area (Å²) in [5, 5.41) is 0. The van der Waals surface area contributed by atoms with Crippen LogP contribution in [0.15, 0.2) is 33.6 Å². The van der Waals surface area contributed by atoms with Crippen LogP contribution in [-0.2, 0) is 10.0 Å². The molecule has 0 radical (unpaired) electrons. The maximum absolute atomic E-state index is 12.3. The molecule has 0 saturated carbocycles. The molecule has 1 aromatic carbocycles. The molecule has 7 heteroatoms. The van der Waals surface area contributed by atoms with Crippen molar-refractivity contribution >= 4 is 38.4 Å². The van der Waals surface area contributed by atoms with Gasteiger partial charge in [-0.25, -0.2) is 8.42 Å². The predicted molar refractivity (Wildman–Crippen MR) is 77.3 cm³/mol. The highest BCUT2D eigenvalue weighted by Gasteiger charge is 2.35. The molecule has 2 rings (SSSR count). The van der Waals surface area contributed by atoms with Crippen molar-refractivity contribution in [3.05, 3.63) is 28.7 Å². The van der Waals surface area contributed by atoms with Crippen molar-refractivity contribution in [1.82, 2.24) is 4.31 Å². The third kappa shape index (κ3) is 3.05.